The third-order valence-corrected chi connectivity index (χ3v) is 5.82. The Morgan fingerprint density at radius 3 is 2.46 bits per heavy atom. The van der Waals surface area contributed by atoms with Crippen LogP contribution < -0.4 is 0 Å². The minimum Gasteiger partial charge on any atom is -0.390 e. The van der Waals surface area contributed by atoms with E-state index < -0.39 is 0 Å². The fourth-order valence-electron chi connectivity index (χ4n) is 4.59. The largest absolute Gasteiger partial charge is 0.390 e. The highest BCUT2D eigenvalue weighted by atomic mass is 16.5. The Balaban J connectivity index is 1.68. The van der Waals surface area contributed by atoms with Crippen LogP contribution in [0.2, 0.25) is 0 Å². The molecule has 0 unspecified atom stereocenters. The van der Waals surface area contributed by atoms with Crippen molar-refractivity contribution in [1.29, 1.82) is 0 Å². The molecule has 1 spiro atoms. The van der Waals surface area contributed by atoms with Crippen molar-refractivity contribution in [3.05, 3.63) is 71.3 Å². The lowest BCUT2D eigenvalue weighted by Gasteiger charge is -2.39. The van der Waals surface area contributed by atoms with E-state index >= 15 is 0 Å². The minimum absolute atomic E-state index is 0.0412. The second-order valence-electron chi connectivity index (χ2n) is 7.15. The predicted octanol–water partition coefficient (Wildman–Crippen LogP) is 3.28. The number of nitrogens with zero attached hydrogens (tertiary/aromatic N) is 1. The van der Waals surface area contributed by atoms with Gasteiger partial charge >= 0.3 is 0 Å². The van der Waals surface area contributed by atoms with Crippen LogP contribution in [-0.4, -0.2) is 36.4 Å². The molecule has 2 aliphatic rings. The van der Waals surface area contributed by atoms with E-state index in [9.17, 15) is 5.11 Å². The van der Waals surface area contributed by atoms with E-state index in [2.05, 4.69) is 60.5 Å². The molecule has 1 aliphatic carbocycles. The maximum absolute atomic E-state index is 11.3. The summed E-state index contributed by atoms with van der Waals surface area (Å²) in [6.45, 7) is 2.31. The number of rotatable bonds is 3. The molecule has 0 saturated carbocycles. The molecule has 4 rings (SSSR count). The number of benzene rings is 2. The van der Waals surface area contributed by atoms with E-state index in [1.165, 1.54) is 16.7 Å². The third kappa shape index (κ3) is 2.48. The second kappa shape index (κ2) is 6.32. The molecule has 3 heteroatoms. The summed E-state index contributed by atoms with van der Waals surface area (Å²) in [5.74, 6) is 0. The normalized spacial score (nSPS) is 25.1. The van der Waals surface area contributed by atoms with Crippen molar-refractivity contribution in [2.24, 2.45) is 0 Å². The monoisotopic (exact) mass is 323 g/mol. The van der Waals surface area contributed by atoms with Gasteiger partial charge in [0.2, 0.25) is 0 Å². The quantitative estimate of drug-likeness (QED) is 0.941. The van der Waals surface area contributed by atoms with Crippen LogP contribution in [0.4, 0.5) is 0 Å². The maximum Gasteiger partial charge on any atom is 0.0835 e. The van der Waals surface area contributed by atoms with Gasteiger partial charge in [-0.2, -0.15) is 0 Å². The molecule has 1 aliphatic heterocycles. The summed E-state index contributed by atoms with van der Waals surface area (Å²) in [4.78, 5) is 2.29. The molecule has 1 fully saturated rings. The zero-order chi connectivity index (χ0) is 16.6. The highest BCUT2D eigenvalue weighted by molar-refractivity contribution is 5.45. The van der Waals surface area contributed by atoms with Crippen LogP contribution in [0.1, 0.15) is 35.6 Å². The van der Waals surface area contributed by atoms with Gasteiger partial charge in [-0.3, -0.25) is 4.90 Å². The first kappa shape index (κ1) is 15.8. The van der Waals surface area contributed by atoms with Crippen molar-refractivity contribution < 1.29 is 9.84 Å². The van der Waals surface area contributed by atoms with E-state index in [0.29, 0.717) is 0 Å². The first-order valence-electron chi connectivity index (χ1n) is 8.82. The van der Waals surface area contributed by atoms with Crippen molar-refractivity contribution in [1.82, 2.24) is 4.90 Å². The van der Waals surface area contributed by atoms with E-state index in [4.69, 9.17) is 4.74 Å². The van der Waals surface area contributed by atoms with Gasteiger partial charge < -0.3 is 9.84 Å². The van der Waals surface area contributed by atoms with Crippen LogP contribution in [0.5, 0.6) is 0 Å². The van der Waals surface area contributed by atoms with E-state index in [1.807, 2.05) is 6.07 Å². The van der Waals surface area contributed by atoms with Crippen molar-refractivity contribution in [3.8, 4) is 0 Å². The molecule has 0 radical (unpaired) electrons. The van der Waals surface area contributed by atoms with Crippen LogP contribution in [-0.2, 0) is 16.7 Å². The van der Waals surface area contributed by atoms with Gasteiger partial charge in [-0.1, -0.05) is 54.6 Å². The molecule has 1 N–H and O–H groups in total. The average Bonchev–Trinajstić information content (AvgIpc) is 2.86. The number of hydrogen-bond donors (Lipinski definition) is 1. The van der Waals surface area contributed by atoms with Crippen LogP contribution in [0.15, 0.2) is 54.6 Å². The Morgan fingerprint density at radius 2 is 1.71 bits per heavy atom. The number of ether oxygens (including phenoxy) is 1. The molecule has 2 aromatic rings. The molecule has 0 amide bonds. The second-order valence-corrected chi connectivity index (χ2v) is 7.15. The van der Waals surface area contributed by atoms with Gasteiger partial charge in [0.05, 0.1) is 12.1 Å². The fourth-order valence-corrected chi connectivity index (χ4v) is 4.59. The van der Waals surface area contributed by atoms with Gasteiger partial charge in [-0.15, -0.1) is 0 Å². The van der Waals surface area contributed by atoms with Crippen LogP contribution in [0, 0.1) is 0 Å². The number of aliphatic hydroxyl groups is 1. The van der Waals surface area contributed by atoms with Crippen LogP contribution in [0.25, 0.3) is 0 Å². The van der Waals surface area contributed by atoms with Gasteiger partial charge in [-0.25, -0.2) is 0 Å². The Labute approximate surface area is 143 Å². The summed E-state index contributed by atoms with van der Waals surface area (Å²) in [5.41, 5.74) is 3.73. The molecule has 1 heterocycles. The molecule has 2 aromatic carbocycles. The first-order valence-corrected chi connectivity index (χ1v) is 8.82. The van der Waals surface area contributed by atoms with Gasteiger partial charge in [0, 0.05) is 25.2 Å². The lowest BCUT2D eigenvalue weighted by molar-refractivity contribution is -0.0388. The number of fused-ring (bicyclic) bond motifs is 2. The maximum atomic E-state index is 11.3. The summed E-state index contributed by atoms with van der Waals surface area (Å²) < 4.78 is 5.59. The first-order chi connectivity index (χ1) is 11.7. The van der Waals surface area contributed by atoms with Gasteiger partial charge in [0.15, 0.2) is 0 Å². The zero-order valence-corrected chi connectivity index (χ0v) is 14.2. The summed E-state index contributed by atoms with van der Waals surface area (Å²) >= 11 is 0. The zero-order valence-electron chi connectivity index (χ0n) is 14.2. The van der Waals surface area contributed by atoms with Crippen molar-refractivity contribution in [3.63, 3.8) is 0 Å². The topological polar surface area (TPSA) is 32.7 Å². The van der Waals surface area contributed by atoms with E-state index in [0.717, 1.165) is 32.6 Å². The van der Waals surface area contributed by atoms with Crippen molar-refractivity contribution in [2.45, 2.75) is 36.9 Å². The lowest BCUT2D eigenvalue weighted by atomic mass is 9.73. The smallest absolute Gasteiger partial charge is 0.0835 e. The summed E-state index contributed by atoms with van der Waals surface area (Å²) in [7, 11) is 2.12. The Kier molecular flexibility index (Phi) is 4.17. The van der Waals surface area contributed by atoms with Gasteiger partial charge in [0.1, 0.15) is 0 Å². The van der Waals surface area contributed by atoms with Crippen molar-refractivity contribution in [2.75, 3.05) is 20.3 Å². The van der Waals surface area contributed by atoms with Crippen LogP contribution in [0.3, 0.4) is 0 Å². The molecule has 3 nitrogen and oxygen atoms in total. The molecular weight excluding hydrogens is 298 g/mol. The lowest BCUT2D eigenvalue weighted by Crippen LogP contribution is -2.45. The highest BCUT2D eigenvalue weighted by Crippen LogP contribution is 2.52. The standard InChI is InChI=1S/C21H25NO2/c1-22(15-16-7-3-2-4-8-16)19-17-9-5-6-10-18(17)21(20(19)23)11-13-24-14-12-21/h2-10,19-20,23H,11-15H2,1H3/t19-,20+/m0/s1. The highest BCUT2D eigenvalue weighted by Gasteiger charge is 2.52. The third-order valence-electron chi connectivity index (χ3n) is 5.82. The Morgan fingerprint density at radius 1 is 1.04 bits per heavy atom. The van der Waals surface area contributed by atoms with Gasteiger partial charge in [-0.05, 0) is 36.6 Å². The fraction of sp³-hybridized carbons (Fsp3) is 0.429. The Bertz CT molecular complexity index is 694. The SMILES string of the molecule is CN(Cc1ccccc1)[C@H]1c2ccccc2C2(CCOCC2)[C@@H]1O. The minimum atomic E-state index is -0.382. The number of likely N-dealkylation sites (N-methyl/N-ethyl adjacent to an activating group) is 1. The molecule has 0 bridgehead atoms. The summed E-state index contributed by atoms with van der Waals surface area (Å²) in [6.07, 6.45) is 1.43. The molecule has 1 saturated heterocycles. The summed E-state index contributed by atoms with van der Waals surface area (Å²) in [6, 6.07) is 19.1. The molecule has 2 atom stereocenters. The average molecular weight is 323 g/mol. The van der Waals surface area contributed by atoms with Crippen LogP contribution >= 0.6 is 0 Å². The molecule has 126 valence electrons. The molecule has 24 heavy (non-hydrogen) atoms. The summed E-state index contributed by atoms with van der Waals surface area (Å²) in [5, 5.41) is 11.3. The molecule has 0 aromatic heterocycles. The predicted molar refractivity (Wildman–Crippen MR) is 94.8 cm³/mol. The van der Waals surface area contributed by atoms with E-state index in [1.54, 1.807) is 0 Å². The molecular formula is C21H25NO2. The Hall–Kier alpha value is -1.68. The van der Waals surface area contributed by atoms with Crippen molar-refractivity contribution >= 4 is 0 Å². The van der Waals surface area contributed by atoms with E-state index in [-0.39, 0.29) is 17.6 Å². The number of aliphatic hydroxyl groups excluding tert-OH is 1. The number of hydrogen-bond acceptors (Lipinski definition) is 3. The van der Waals surface area contributed by atoms with Gasteiger partial charge in [0.25, 0.3) is 0 Å².